The molecule has 1 saturated heterocycles. The fraction of sp³-hybridized carbons (Fsp3) is 0.182. The minimum Gasteiger partial charge on any atom is -0.490 e. The van der Waals surface area contributed by atoms with Gasteiger partial charge in [0, 0.05) is 5.69 Å². The third-order valence-corrected chi connectivity index (χ3v) is 5.15. The Hall–Kier alpha value is -3.86. The first-order valence-corrected chi connectivity index (χ1v) is 10.6. The van der Waals surface area contributed by atoms with Crippen LogP contribution in [-0.4, -0.2) is 47.6 Å². The van der Waals surface area contributed by atoms with Crippen LogP contribution >= 0.6 is 11.8 Å². The van der Waals surface area contributed by atoms with E-state index in [0.717, 1.165) is 4.90 Å². The molecular weight excluding hydrogens is 453 g/mol. The fourth-order valence-corrected chi connectivity index (χ4v) is 3.65. The minimum absolute atomic E-state index is 0.128. The van der Waals surface area contributed by atoms with Gasteiger partial charge in [-0.3, -0.25) is 24.1 Å². The maximum atomic E-state index is 13.0. The van der Waals surface area contributed by atoms with Gasteiger partial charge >= 0.3 is 0 Å². The Bertz CT molecular complexity index is 1120. The number of halogens is 1. The molecule has 3 N–H and O–H groups in total. The number of nitrogens with one attached hydrogen (secondary N) is 1. The molecule has 33 heavy (non-hydrogen) atoms. The van der Waals surface area contributed by atoms with E-state index in [1.54, 1.807) is 25.1 Å². The van der Waals surface area contributed by atoms with Crippen molar-refractivity contribution in [3.05, 3.63) is 58.8 Å². The number of ether oxygens (including phenoxy) is 2. The molecule has 0 aliphatic carbocycles. The van der Waals surface area contributed by atoms with Crippen LogP contribution in [0.4, 0.5) is 14.9 Å². The number of anilines is 1. The van der Waals surface area contributed by atoms with E-state index in [9.17, 15) is 23.6 Å². The molecule has 2 aromatic carbocycles. The lowest BCUT2D eigenvalue weighted by molar-refractivity contribution is -0.127. The van der Waals surface area contributed by atoms with Gasteiger partial charge in [-0.2, -0.15) is 0 Å². The number of hydrogen-bond donors (Lipinski definition) is 2. The molecule has 1 heterocycles. The van der Waals surface area contributed by atoms with Gasteiger partial charge in [0.15, 0.2) is 18.1 Å². The normalized spacial score (nSPS) is 14.5. The summed E-state index contributed by atoms with van der Waals surface area (Å²) in [6.45, 7) is 1.30. The second-order valence-corrected chi connectivity index (χ2v) is 7.71. The lowest BCUT2D eigenvalue weighted by Gasteiger charge is -2.12. The highest BCUT2D eigenvalue weighted by Gasteiger charge is 2.36. The first-order valence-electron chi connectivity index (χ1n) is 9.75. The van der Waals surface area contributed by atoms with E-state index in [2.05, 4.69) is 5.32 Å². The Morgan fingerprint density at radius 2 is 1.85 bits per heavy atom. The number of imide groups is 1. The SMILES string of the molecule is CCOc1cc(/C=C2\SC(=O)N(CC(=O)Nc3ccc(F)cc3)C2=O)ccc1OCC(N)=O. The van der Waals surface area contributed by atoms with E-state index in [1.807, 2.05) is 0 Å². The number of carbonyl (C=O) groups excluding carboxylic acids is 4. The molecule has 1 aliphatic heterocycles. The Balaban J connectivity index is 1.71. The van der Waals surface area contributed by atoms with Gasteiger partial charge in [0.1, 0.15) is 12.4 Å². The molecule has 172 valence electrons. The lowest BCUT2D eigenvalue weighted by Crippen LogP contribution is -2.36. The second kappa shape index (κ2) is 10.6. The molecule has 1 fully saturated rings. The highest BCUT2D eigenvalue weighted by atomic mass is 32.2. The Kier molecular flexibility index (Phi) is 7.67. The zero-order valence-corrected chi connectivity index (χ0v) is 18.3. The lowest BCUT2D eigenvalue weighted by atomic mass is 10.2. The molecule has 9 nitrogen and oxygen atoms in total. The number of thioether (sulfide) groups is 1. The number of benzene rings is 2. The highest BCUT2D eigenvalue weighted by Crippen LogP contribution is 2.34. The summed E-state index contributed by atoms with van der Waals surface area (Å²) < 4.78 is 23.8. The highest BCUT2D eigenvalue weighted by molar-refractivity contribution is 8.18. The molecule has 0 saturated carbocycles. The summed E-state index contributed by atoms with van der Waals surface area (Å²) in [7, 11) is 0. The Morgan fingerprint density at radius 1 is 1.12 bits per heavy atom. The van der Waals surface area contributed by atoms with Gasteiger partial charge in [-0.05, 0) is 66.7 Å². The van der Waals surface area contributed by atoms with Crippen LogP contribution in [0.5, 0.6) is 11.5 Å². The molecule has 2 aromatic rings. The van der Waals surface area contributed by atoms with Crippen LogP contribution < -0.4 is 20.5 Å². The third-order valence-electron chi connectivity index (χ3n) is 4.24. The topological polar surface area (TPSA) is 128 Å². The third kappa shape index (κ3) is 6.32. The van der Waals surface area contributed by atoms with Crippen molar-refractivity contribution in [2.75, 3.05) is 25.1 Å². The van der Waals surface area contributed by atoms with Crippen LogP contribution in [-0.2, 0) is 14.4 Å². The molecule has 3 rings (SSSR count). The largest absolute Gasteiger partial charge is 0.490 e. The van der Waals surface area contributed by atoms with Gasteiger partial charge in [-0.1, -0.05) is 6.07 Å². The summed E-state index contributed by atoms with van der Waals surface area (Å²) in [5, 5.41) is 1.91. The maximum Gasteiger partial charge on any atom is 0.294 e. The van der Waals surface area contributed by atoms with Crippen molar-refractivity contribution in [1.29, 1.82) is 0 Å². The fourth-order valence-electron chi connectivity index (χ4n) is 2.82. The van der Waals surface area contributed by atoms with Gasteiger partial charge in [-0.25, -0.2) is 4.39 Å². The van der Waals surface area contributed by atoms with Crippen molar-refractivity contribution in [3.8, 4) is 11.5 Å². The van der Waals surface area contributed by atoms with E-state index >= 15 is 0 Å². The summed E-state index contributed by atoms with van der Waals surface area (Å²) in [6, 6.07) is 9.86. The molecule has 0 atom stereocenters. The van der Waals surface area contributed by atoms with Crippen molar-refractivity contribution < 1.29 is 33.0 Å². The molecular formula is C22H20FN3O6S. The average molecular weight is 473 g/mol. The van der Waals surface area contributed by atoms with Crippen molar-refractivity contribution in [2.24, 2.45) is 5.73 Å². The molecule has 1 aliphatic rings. The van der Waals surface area contributed by atoms with E-state index in [-0.39, 0.29) is 11.5 Å². The van der Waals surface area contributed by atoms with Crippen molar-refractivity contribution in [1.82, 2.24) is 4.90 Å². The average Bonchev–Trinajstić information content (AvgIpc) is 3.02. The smallest absolute Gasteiger partial charge is 0.294 e. The molecule has 0 radical (unpaired) electrons. The summed E-state index contributed by atoms with van der Waals surface area (Å²) in [6.07, 6.45) is 1.49. The monoisotopic (exact) mass is 473 g/mol. The van der Waals surface area contributed by atoms with E-state index in [1.165, 1.54) is 30.3 Å². The number of hydrogen-bond acceptors (Lipinski definition) is 7. The predicted molar refractivity (Wildman–Crippen MR) is 120 cm³/mol. The standard InChI is InChI=1S/C22H20FN3O6S/c1-2-31-17-9-13(3-8-16(17)32-12-19(24)27)10-18-21(29)26(22(30)33-18)11-20(28)25-15-6-4-14(23)5-7-15/h3-10H,2,11-12H2,1H3,(H2,24,27)(H,25,28)/b18-10-. The zero-order valence-electron chi connectivity index (χ0n) is 17.5. The van der Waals surface area contributed by atoms with Gasteiger partial charge in [0.2, 0.25) is 5.91 Å². The summed E-state index contributed by atoms with van der Waals surface area (Å²) in [4.78, 5) is 49.1. The quantitative estimate of drug-likeness (QED) is 0.536. The molecule has 0 spiro atoms. The van der Waals surface area contributed by atoms with Gasteiger partial charge in [0.25, 0.3) is 17.1 Å². The molecule has 11 heteroatoms. The number of carbonyl (C=O) groups is 4. The van der Waals surface area contributed by atoms with Crippen LogP contribution in [0.2, 0.25) is 0 Å². The number of amides is 4. The number of primary amides is 1. The first kappa shape index (κ1) is 23.8. The Labute approximate surface area is 192 Å². The van der Waals surface area contributed by atoms with Crippen LogP contribution in [0.15, 0.2) is 47.4 Å². The second-order valence-electron chi connectivity index (χ2n) is 6.72. The first-order chi connectivity index (χ1) is 15.8. The van der Waals surface area contributed by atoms with Crippen LogP contribution in [0.1, 0.15) is 12.5 Å². The number of nitrogens with zero attached hydrogens (tertiary/aromatic N) is 1. The van der Waals surface area contributed by atoms with Crippen molar-refractivity contribution in [3.63, 3.8) is 0 Å². The van der Waals surface area contributed by atoms with Gasteiger partial charge < -0.3 is 20.5 Å². The molecule has 0 bridgehead atoms. The van der Waals surface area contributed by atoms with Crippen LogP contribution in [0.3, 0.4) is 0 Å². The predicted octanol–water partition coefficient (Wildman–Crippen LogP) is 2.76. The Morgan fingerprint density at radius 3 is 2.52 bits per heavy atom. The summed E-state index contributed by atoms with van der Waals surface area (Å²) in [5.41, 5.74) is 5.98. The van der Waals surface area contributed by atoms with Crippen LogP contribution in [0, 0.1) is 5.82 Å². The summed E-state index contributed by atoms with van der Waals surface area (Å²) in [5.74, 6) is -1.67. The zero-order chi connectivity index (χ0) is 24.0. The number of rotatable bonds is 9. The van der Waals surface area contributed by atoms with Crippen molar-refractivity contribution in [2.45, 2.75) is 6.92 Å². The van der Waals surface area contributed by atoms with Crippen LogP contribution in [0.25, 0.3) is 6.08 Å². The van der Waals surface area contributed by atoms with E-state index < -0.39 is 35.3 Å². The molecule has 0 unspecified atom stereocenters. The van der Waals surface area contributed by atoms with E-state index in [0.29, 0.717) is 41.1 Å². The van der Waals surface area contributed by atoms with E-state index in [4.69, 9.17) is 15.2 Å². The van der Waals surface area contributed by atoms with Gasteiger partial charge in [0.05, 0.1) is 11.5 Å². The molecule has 4 amide bonds. The van der Waals surface area contributed by atoms with Crippen molar-refractivity contribution >= 4 is 46.5 Å². The molecule has 0 aromatic heterocycles. The van der Waals surface area contributed by atoms with Gasteiger partial charge in [-0.15, -0.1) is 0 Å². The summed E-state index contributed by atoms with van der Waals surface area (Å²) >= 11 is 0.700. The minimum atomic E-state index is -0.640. The number of nitrogens with two attached hydrogens (primary N) is 1. The maximum absolute atomic E-state index is 13.0.